The van der Waals surface area contributed by atoms with Crippen LogP contribution in [-0.2, 0) is 10.3 Å². The Morgan fingerprint density at radius 1 is 1.36 bits per heavy atom. The summed E-state index contributed by atoms with van der Waals surface area (Å²) in [7, 11) is -4.19. The third-order valence-corrected chi connectivity index (χ3v) is 2.04. The second-order valence-corrected chi connectivity index (χ2v) is 3.68. The van der Waals surface area contributed by atoms with Crippen LogP contribution in [0.2, 0.25) is 0 Å². The fourth-order valence-electron chi connectivity index (χ4n) is 0.777. The largest absolute Gasteiger partial charge is 0.403 e. The van der Waals surface area contributed by atoms with Gasteiger partial charge in [0.2, 0.25) is 0 Å². The molecule has 1 aromatic carbocycles. The normalized spacial score (nSPS) is 10.4. The molecular weight excluding hydrogens is 206 g/mol. The lowest BCUT2D eigenvalue weighted by Gasteiger charge is -2.01. The Hall–Kier alpha value is -1.72. The summed E-state index contributed by atoms with van der Waals surface area (Å²) in [5.41, 5.74) is 8.89. The Morgan fingerprint density at radius 2 is 1.93 bits per heavy atom. The second kappa shape index (κ2) is 3.99. The smallest absolute Gasteiger partial charge is 0.377 e. The molecule has 0 saturated carbocycles. The summed E-state index contributed by atoms with van der Waals surface area (Å²) < 4.78 is 28.6. The van der Waals surface area contributed by atoms with Gasteiger partial charge in [0.15, 0.2) is 0 Å². The van der Waals surface area contributed by atoms with Gasteiger partial charge in [-0.3, -0.25) is 0 Å². The standard InChI is InChI=1S/C7H7N3O3S/c1-6-2-4-7(5-3-6)13-14(11,12)10-9-8/h2-5H,1H3. The molecule has 7 heteroatoms. The van der Waals surface area contributed by atoms with Crippen LogP contribution in [0.3, 0.4) is 0 Å². The van der Waals surface area contributed by atoms with E-state index in [-0.39, 0.29) is 5.75 Å². The third-order valence-electron chi connectivity index (χ3n) is 1.36. The van der Waals surface area contributed by atoms with Gasteiger partial charge in [-0.25, -0.2) is 0 Å². The molecule has 0 atom stereocenters. The molecule has 74 valence electrons. The highest BCUT2D eigenvalue weighted by Crippen LogP contribution is 2.14. The van der Waals surface area contributed by atoms with Crippen LogP contribution < -0.4 is 4.18 Å². The molecule has 0 aliphatic carbocycles. The van der Waals surface area contributed by atoms with E-state index in [1.54, 1.807) is 12.1 Å². The van der Waals surface area contributed by atoms with Gasteiger partial charge < -0.3 is 4.18 Å². The van der Waals surface area contributed by atoms with E-state index in [1.165, 1.54) is 12.1 Å². The minimum Gasteiger partial charge on any atom is -0.377 e. The fourth-order valence-corrected chi connectivity index (χ4v) is 1.25. The molecule has 0 aliphatic heterocycles. The topological polar surface area (TPSA) is 92.1 Å². The predicted octanol–water partition coefficient (Wildman–Crippen LogP) is 1.93. The molecule has 6 nitrogen and oxygen atoms in total. The Morgan fingerprint density at radius 3 is 2.43 bits per heavy atom. The van der Waals surface area contributed by atoms with Crippen LogP contribution in [0.1, 0.15) is 5.56 Å². The average Bonchev–Trinajstić information content (AvgIpc) is 2.08. The van der Waals surface area contributed by atoms with E-state index in [1.807, 2.05) is 6.92 Å². The highest BCUT2D eigenvalue weighted by molar-refractivity contribution is 7.85. The van der Waals surface area contributed by atoms with E-state index in [4.69, 9.17) is 5.53 Å². The quantitative estimate of drug-likeness (QED) is 0.436. The molecule has 0 aromatic heterocycles. The minimum atomic E-state index is -4.19. The summed E-state index contributed by atoms with van der Waals surface area (Å²) in [6.45, 7) is 1.85. The maximum Gasteiger partial charge on any atom is 0.403 e. The Balaban J connectivity index is 2.90. The summed E-state index contributed by atoms with van der Waals surface area (Å²) in [5.74, 6) is 0.114. The van der Waals surface area contributed by atoms with Gasteiger partial charge in [-0.15, -0.1) is 0 Å². The van der Waals surface area contributed by atoms with E-state index in [0.717, 1.165) is 5.56 Å². The molecule has 0 amide bonds. The first-order chi connectivity index (χ1) is 6.53. The molecule has 0 fully saturated rings. The Bertz CT molecular complexity index is 459. The second-order valence-electron chi connectivity index (χ2n) is 2.50. The monoisotopic (exact) mass is 213 g/mol. The van der Waals surface area contributed by atoms with Gasteiger partial charge >= 0.3 is 10.3 Å². The van der Waals surface area contributed by atoms with Crippen LogP contribution >= 0.6 is 0 Å². The van der Waals surface area contributed by atoms with Gasteiger partial charge in [0.05, 0.1) is 4.52 Å². The lowest BCUT2D eigenvalue weighted by atomic mass is 10.2. The number of benzene rings is 1. The highest BCUT2D eigenvalue weighted by atomic mass is 32.2. The van der Waals surface area contributed by atoms with Gasteiger partial charge in [-0.05, 0) is 24.6 Å². The van der Waals surface area contributed by atoms with Gasteiger partial charge in [0.1, 0.15) is 5.75 Å². The maximum absolute atomic E-state index is 10.8. The number of hydrogen-bond donors (Lipinski definition) is 0. The molecular formula is C7H7N3O3S. The van der Waals surface area contributed by atoms with Crippen LogP contribution in [0.15, 0.2) is 28.8 Å². The van der Waals surface area contributed by atoms with E-state index in [0.29, 0.717) is 0 Å². The lowest BCUT2D eigenvalue weighted by molar-refractivity contribution is 0.487. The molecule has 0 bridgehead atoms. The van der Waals surface area contributed by atoms with Gasteiger partial charge in [-0.2, -0.15) is 8.42 Å². The maximum atomic E-state index is 10.8. The van der Waals surface area contributed by atoms with Crippen molar-refractivity contribution in [2.24, 2.45) is 4.52 Å². The molecule has 0 heterocycles. The first kappa shape index (κ1) is 10.4. The highest BCUT2D eigenvalue weighted by Gasteiger charge is 2.08. The molecule has 0 saturated heterocycles. The fraction of sp³-hybridized carbons (Fsp3) is 0.143. The minimum absolute atomic E-state index is 0.114. The van der Waals surface area contributed by atoms with Crippen molar-refractivity contribution in [1.29, 1.82) is 0 Å². The molecule has 14 heavy (non-hydrogen) atoms. The number of nitrogens with zero attached hydrogens (tertiary/aromatic N) is 3. The Labute approximate surface area is 81.0 Å². The van der Waals surface area contributed by atoms with Crippen molar-refractivity contribution >= 4 is 10.3 Å². The number of aryl methyl sites for hydroxylation is 1. The van der Waals surface area contributed by atoms with Crippen molar-refractivity contribution in [3.63, 3.8) is 0 Å². The number of azide groups is 1. The molecule has 1 rings (SSSR count). The summed E-state index contributed by atoms with van der Waals surface area (Å²) in [6.07, 6.45) is 0. The molecule has 1 aromatic rings. The SMILES string of the molecule is Cc1ccc(OS(=O)(=O)N=[N+]=[N-])cc1. The zero-order valence-corrected chi connectivity index (χ0v) is 8.10. The van der Waals surface area contributed by atoms with E-state index in [9.17, 15) is 8.42 Å². The van der Waals surface area contributed by atoms with Crippen LogP contribution in [0, 0.1) is 6.92 Å². The van der Waals surface area contributed by atoms with E-state index < -0.39 is 10.3 Å². The average molecular weight is 213 g/mol. The van der Waals surface area contributed by atoms with Crippen molar-refractivity contribution in [2.45, 2.75) is 6.92 Å². The lowest BCUT2D eigenvalue weighted by Crippen LogP contribution is -2.03. The van der Waals surface area contributed by atoms with Crippen LogP contribution in [0.5, 0.6) is 5.75 Å². The number of hydrogen-bond acceptors (Lipinski definition) is 3. The van der Waals surface area contributed by atoms with Crippen molar-refractivity contribution < 1.29 is 12.6 Å². The van der Waals surface area contributed by atoms with Crippen molar-refractivity contribution in [3.05, 3.63) is 40.3 Å². The summed E-state index contributed by atoms with van der Waals surface area (Å²) in [4.78, 5) is 2.13. The first-order valence-corrected chi connectivity index (χ1v) is 4.97. The third kappa shape index (κ3) is 2.96. The molecule has 0 unspecified atom stereocenters. The van der Waals surface area contributed by atoms with E-state index in [2.05, 4.69) is 13.6 Å². The van der Waals surface area contributed by atoms with Gasteiger partial charge in [0, 0.05) is 4.91 Å². The zero-order chi connectivity index (χ0) is 10.6. The van der Waals surface area contributed by atoms with Gasteiger partial charge in [0.25, 0.3) is 0 Å². The molecule has 0 radical (unpaired) electrons. The molecule has 0 aliphatic rings. The zero-order valence-electron chi connectivity index (χ0n) is 7.28. The summed E-state index contributed by atoms with van der Waals surface area (Å²) in [5, 5.41) is 0. The van der Waals surface area contributed by atoms with Crippen LogP contribution in [-0.4, -0.2) is 8.42 Å². The van der Waals surface area contributed by atoms with Crippen LogP contribution in [0.25, 0.3) is 10.4 Å². The first-order valence-electron chi connectivity index (χ1n) is 3.61. The van der Waals surface area contributed by atoms with E-state index >= 15 is 0 Å². The van der Waals surface area contributed by atoms with Crippen molar-refractivity contribution in [2.75, 3.05) is 0 Å². The van der Waals surface area contributed by atoms with Crippen LogP contribution in [0.4, 0.5) is 0 Å². The van der Waals surface area contributed by atoms with Crippen molar-refractivity contribution in [3.8, 4) is 5.75 Å². The molecule has 0 N–H and O–H groups in total. The molecule has 0 spiro atoms. The predicted molar refractivity (Wildman–Crippen MR) is 49.9 cm³/mol. The van der Waals surface area contributed by atoms with Gasteiger partial charge in [-0.1, -0.05) is 17.7 Å². The summed E-state index contributed by atoms with van der Waals surface area (Å²) in [6, 6.07) is 6.31. The Kier molecular flexibility index (Phi) is 2.95. The van der Waals surface area contributed by atoms with Crippen molar-refractivity contribution in [1.82, 2.24) is 0 Å². The summed E-state index contributed by atoms with van der Waals surface area (Å²) >= 11 is 0. The number of rotatable bonds is 3.